The molecule has 0 fully saturated rings. The Morgan fingerprint density at radius 1 is 0.441 bits per heavy atom. The summed E-state index contributed by atoms with van der Waals surface area (Å²) in [5.74, 6) is -0.844. The molecule has 1 atom stereocenters. The molecule has 0 aliphatic heterocycles. The third-order valence-corrected chi connectivity index (χ3v) is 13.1. The zero-order chi connectivity index (χ0) is 50.2. The number of nitrogens with one attached hydrogen (secondary N) is 3. The molecule has 0 aromatic heterocycles. The largest absolute Gasteiger partial charge is 0.463 e. The molecule has 0 aromatic carbocycles. The summed E-state index contributed by atoms with van der Waals surface area (Å²) in [5.41, 5.74) is -0.701. The van der Waals surface area contributed by atoms with Gasteiger partial charge in [-0.2, -0.15) is 0 Å². The van der Waals surface area contributed by atoms with Gasteiger partial charge in [-0.25, -0.2) is 9.59 Å². The molecule has 12 heteroatoms. The third kappa shape index (κ3) is 47.1. The topological polar surface area (TPSA) is 151 Å². The molecule has 402 valence electrons. The van der Waals surface area contributed by atoms with Crippen LogP contribution < -0.4 is 16.0 Å². The number of alkyl carbamates (subject to hydrolysis) is 2. The number of amides is 3. The van der Waals surface area contributed by atoms with Gasteiger partial charge in [0.25, 0.3) is 0 Å². The van der Waals surface area contributed by atoms with Crippen LogP contribution in [0.1, 0.15) is 273 Å². The van der Waals surface area contributed by atoms with Gasteiger partial charge < -0.3 is 39.6 Å². The fraction of sp³-hybridized carbons (Fsp3) is 0.929. The molecule has 0 heterocycles. The molecule has 0 aliphatic carbocycles. The van der Waals surface area contributed by atoms with Crippen molar-refractivity contribution in [3.05, 3.63) is 0 Å². The fourth-order valence-electron chi connectivity index (χ4n) is 8.07. The summed E-state index contributed by atoms with van der Waals surface area (Å²) in [7, 11) is 1.68. The lowest BCUT2D eigenvalue weighted by atomic mass is 10.0. The van der Waals surface area contributed by atoms with Crippen molar-refractivity contribution in [3.8, 4) is 0 Å². The van der Waals surface area contributed by atoms with Crippen molar-refractivity contribution in [3.63, 3.8) is 0 Å². The molecule has 3 N–H and O–H groups in total. The summed E-state index contributed by atoms with van der Waals surface area (Å²) in [6, 6.07) is -0.745. The maximum atomic E-state index is 12.8. The minimum Gasteiger partial charge on any atom is -0.463 e. The smallest absolute Gasteiger partial charge is 0.407 e. The Morgan fingerprint density at radius 3 is 1.25 bits per heavy atom. The first-order chi connectivity index (χ1) is 32.8. The van der Waals surface area contributed by atoms with E-state index in [-0.39, 0.29) is 44.1 Å². The van der Waals surface area contributed by atoms with Gasteiger partial charge in [0, 0.05) is 26.6 Å². The summed E-state index contributed by atoms with van der Waals surface area (Å²) in [6.45, 7) is 13.9. The van der Waals surface area contributed by atoms with E-state index in [4.69, 9.17) is 23.7 Å². The predicted molar refractivity (Wildman–Crippen MR) is 280 cm³/mol. The van der Waals surface area contributed by atoms with Gasteiger partial charge in [0.2, 0.25) is 5.91 Å². The number of hydrogen-bond donors (Lipinski definition) is 3. The van der Waals surface area contributed by atoms with Gasteiger partial charge in [0.05, 0.1) is 43.5 Å². The highest BCUT2D eigenvalue weighted by Crippen LogP contribution is 2.19. The first-order valence-electron chi connectivity index (χ1n) is 28.3. The Morgan fingerprint density at radius 2 is 0.838 bits per heavy atom. The van der Waals surface area contributed by atoms with Crippen LogP contribution in [0.4, 0.5) is 9.59 Å². The third-order valence-electron chi connectivity index (χ3n) is 13.1. The SMILES string of the molecule is CCCCCCCCCCCCCCCCCCOC(=O)NCC(COC(=O)CCC(=O)NCCC(C)(C)OCCC(C)(C)OC)NC(=O)OCCCCCCCCCCCCCCCCCC. The van der Waals surface area contributed by atoms with Crippen LogP contribution in [-0.4, -0.2) is 87.9 Å². The molecule has 12 nitrogen and oxygen atoms in total. The molecule has 0 saturated carbocycles. The molecule has 1 unspecified atom stereocenters. The quantitative estimate of drug-likeness (QED) is 0.0307. The highest BCUT2D eigenvalue weighted by Gasteiger charge is 2.23. The average Bonchev–Trinajstić information content (AvgIpc) is 3.30. The number of esters is 1. The van der Waals surface area contributed by atoms with E-state index in [1.165, 1.54) is 167 Å². The maximum Gasteiger partial charge on any atom is 0.407 e. The molecule has 0 bridgehead atoms. The number of hydrogen-bond acceptors (Lipinski definition) is 9. The Kier molecular flexibility index (Phi) is 45.0. The van der Waals surface area contributed by atoms with E-state index in [1.54, 1.807) is 7.11 Å². The summed E-state index contributed by atoms with van der Waals surface area (Å²) in [6.07, 6.45) is 40.6. The second-order valence-electron chi connectivity index (χ2n) is 20.7. The van der Waals surface area contributed by atoms with E-state index in [0.29, 0.717) is 26.2 Å². The number of carbonyl (C=O) groups excluding carboxylic acids is 4. The monoisotopic (exact) mass is 968 g/mol. The number of rotatable bonds is 50. The molecule has 0 aliphatic rings. The minimum atomic E-state index is -0.745. The van der Waals surface area contributed by atoms with Gasteiger partial charge in [-0.15, -0.1) is 0 Å². The van der Waals surface area contributed by atoms with E-state index in [9.17, 15) is 19.2 Å². The van der Waals surface area contributed by atoms with Crippen LogP contribution in [0, 0.1) is 0 Å². The van der Waals surface area contributed by atoms with Crippen molar-refractivity contribution in [1.29, 1.82) is 0 Å². The Hall–Kier alpha value is -2.60. The first kappa shape index (κ1) is 65.4. The number of unbranched alkanes of at least 4 members (excludes halogenated alkanes) is 30. The van der Waals surface area contributed by atoms with Gasteiger partial charge in [-0.05, 0) is 53.4 Å². The van der Waals surface area contributed by atoms with Crippen LogP contribution >= 0.6 is 0 Å². The Bertz CT molecular complexity index is 1180. The summed E-state index contributed by atoms with van der Waals surface area (Å²) >= 11 is 0. The van der Waals surface area contributed by atoms with Crippen LogP contribution in [0.15, 0.2) is 0 Å². The van der Waals surface area contributed by atoms with Gasteiger partial charge in [-0.1, -0.05) is 206 Å². The summed E-state index contributed by atoms with van der Waals surface area (Å²) < 4.78 is 27.8. The van der Waals surface area contributed by atoms with E-state index in [2.05, 4.69) is 29.8 Å². The van der Waals surface area contributed by atoms with E-state index in [0.717, 1.165) is 44.9 Å². The van der Waals surface area contributed by atoms with Crippen molar-refractivity contribution in [2.24, 2.45) is 0 Å². The maximum absolute atomic E-state index is 12.8. The first-order valence-corrected chi connectivity index (χ1v) is 28.3. The lowest BCUT2D eigenvalue weighted by Gasteiger charge is -2.29. The Balaban J connectivity index is 4.52. The molecule has 0 radical (unpaired) electrons. The van der Waals surface area contributed by atoms with Gasteiger partial charge in [0.1, 0.15) is 6.61 Å². The lowest BCUT2D eigenvalue weighted by Crippen LogP contribution is -2.47. The normalized spacial score (nSPS) is 12.2. The van der Waals surface area contributed by atoms with Crippen LogP contribution in [0.2, 0.25) is 0 Å². The molecule has 0 saturated heterocycles. The van der Waals surface area contributed by atoms with E-state index >= 15 is 0 Å². The van der Waals surface area contributed by atoms with E-state index in [1.807, 2.05) is 27.7 Å². The molecule has 0 aromatic rings. The van der Waals surface area contributed by atoms with Crippen molar-refractivity contribution < 1.29 is 42.9 Å². The fourth-order valence-corrected chi connectivity index (χ4v) is 8.07. The highest BCUT2D eigenvalue weighted by molar-refractivity contribution is 5.81. The van der Waals surface area contributed by atoms with Crippen molar-refractivity contribution in [1.82, 2.24) is 16.0 Å². The predicted octanol–water partition coefficient (Wildman–Crippen LogP) is 14.8. The molecule has 3 amide bonds. The second kappa shape index (κ2) is 46.8. The van der Waals surface area contributed by atoms with Gasteiger partial charge in [-0.3, -0.25) is 9.59 Å². The van der Waals surface area contributed by atoms with Gasteiger partial charge >= 0.3 is 18.2 Å². The van der Waals surface area contributed by atoms with Crippen molar-refractivity contribution in [2.45, 2.75) is 290 Å². The van der Waals surface area contributed by atoms with Crippen molar-refractivity contribution in [2.75, 3.05) is 46.6 Å². The lowest BCUT2D eigenvalue weighted by molar-refractivity contribution is -0.145. The average molecular weight is 968 g/mol. The molecular formula is C56H109N3O9. The standard InChI is InChI=1S/C56H109N3O9/c1-8-10-12-14-16-18-20-22-24-26-28-30-32-34-36-38-45-65-53(62)58-48-50(49-67-52(61)41-40-51(60)57-44-42-56(5,6)68-47-43-55(3,4)64-7)59-54(63)66-46-39-37-35-33-31-29-27-25-23-21-19-17-15-13-11-9-2/h50H,8-49H2,1-7H3,(H,57,60)(H,58,62)(H,59,63). The molecule has 0 spiro atoms. The van der Waals surface area contributed by atoms with E-state index < -0.39 is 29.8 Å². The summed E-state index contributed by atoms with van der Waals surface area (Å²) in [4.78, 5) is 50.5. The number of carbonyl (C=O) groups is 4. The van der Waals surface area contributed by atoms with Crippen LogP contribution in [0.5, 0.6) is 0 Å². The highest BCUT2D eigenvalue weighted by atomic mass is 16.6. The number of ether oxygens (including phenoxy) is 5. The van der Waals surface area contributed by atoms with Crippen LogP contribution in [0.3, 0.4) is 0 Å². The molecule has 0 rings (SSSR count). The second-order valence-corrected chi connectivity index (χ2v) is 20.7. The van der Waals surface area contributed by atoms with Gasteiger partial charge in [0.15, 0.2) is 0 Å². The summed E-state index contributed by atoms with van der Waals surface area (Å²) in [5, 5.41) is 8.29. The zero-order valence-electron chi connectivity index (χ0n) is 45.5. The number of methoxy groups -OCH3 is 1. The molecular weight excluding hydrogens is 859 g/mol. The zero-order valence-corrected chi connectivity index (χ0v) is 45.5. The minimum absolute atomic E-state index is 0.0134. The van der Waals surface area contributed by atoms with Crippen LogP contribution in [0.25, 0.3) is 0 Å². The van der Waals surface area contributed by atoms with Crippen molar-refractivity contribution >= 4 is 24.1 Å². The molecule has 68 heavy (non-hydrogen) atoms. The Labute approximate surface area is 418 Å². The van der Waals surface area contributed by atoms with Crippen LogP contribution in [-0.2, 0) is 33.3 Å².